The third kappa shape index (κ3) is 5.21. The third-order valence-corrected chi connectivity index (χ3v) is 2.83. The van der Waals surface area contributed by atoms with Crippen LogP contribution in [0.25, 0.3) is 11.4 Å². The van der Waals surface area contributed by atoms with E-state index in [9.17, 15) is 13.2 Å². The molecule has 5 nitrogen and oxygen atoms in total. The van der Waals surface area contributed by atoms with E-state index in [1.54, 1.807) is 12.1 Å². The first-order chi connectivity index (χ1) is 11.4. The molecule has 0 unspecified atom stereocenters. The van der Waals surface area contributed by atoms with Crippen molar-refractivity contribution in [2.75, 3.05) is 32.5 Å². The smallest absolute Gasteiger partial charge is 0.359 e. The fraction of sp³-hybridized carbons (Fsp3) is 0.312. The molecule has 2 aromatic rings. The molecule has 0 radical (unpaired) electrons. The molecular formula is C16H16F3N5. The van der Waals surface area contributed by atoms with Crippen molar-refractivity contribution in [3.63, 3.8) is 0 Å². The fourth-order valence-electron chi connectivity index (χ4n) is 1.72. The van der Waals surface area contributed by atoms with Crippen molar-refractivity contribution in [1.82, 2.24) is 19.9 Å². The molecule has 0 aliphatic carbocycles. The Kier molecular flexibility index (Phi) is 5.71. The number of alkyl halides is 3. The summed E-state index contributed by atoms with van der Waals surface area (Å²) < 4.78 is 39.1. The maximum Gasteiger partial charge on any atom is 0.433 e. The average molecular weight is 335 g/mol. The summed E-state index contributed by atoms with van der Waals surface area (Å²) in [5.41, 5.74) is -0.550. The van der Waals surface area contributed by atoms with Gasteiger partial charge in [-0.25, -0.2) is 9.97 Å². The maximum atomic E-state index is 13.0. The third-order valence-electron chi connectivity index (χ3n) is 2.83. The largest absolute Gasteiger partial charge is 0.433 e. The SMILES string of the molecule is CN(C)CC#CCNc1cc(C(F)(F)F)nc(-c2ccncc2)n1. The Morgan fingerprint density at radius 1 is 1.12 bits per heavy atom. The highest BCUT2D eigenvalue weighted by molar-refractivity contribution is 5.57. The molecule has 2 heterocycles. The van der Waals surface area contributed by atoms with E-state index in [0.29, 0.717) is 12.1 Å². The minimum absolute atomic E-state index is 0.0176. The Hall–Kier alpha value is -2.66. The van der Waals surface area contributed by atoms with Gasteiger partial charge in [0.1, 0.15) is 5.82 Å². The first kappa shape index (κ1) is 17.7. The van der Waals surface area contributed by atoms with Crippen molar-refractivity contribution in [2.24, 2.45) is 0 Å². The molecule has 0 spiro atoms. The standard InChI is InChI=1S/C16H16F3N5/c1-24(2)10-4-3-7-21-14-11-13(16(17,18)19)22-15(23-14)12-5-8-20-9-6-12/h5-6,8-9,11H,7,10H2,1-2H3,(H,21,22,23). The number of anilines is 1. The van der Waals surface area contributed by atoms with Crippen molar-refractivity contribution in [1.29, 1.82) is 0 Å². The zero-order chi connectivity index (χ0) is 17.6. The van der Waals surface area contributed by atoms with Crippen LogP contribution in [0.3, 0.4) is 0 Å². The number of nitrogens with zero attached hydrogens (tertiary/aromatic N) is 4. The van der Waals surface area contributed by atoms with Crippen LogP contribution in [0.2, 0.25) is 0 Å². The summed E-state index contributed by atoms with van der Waals surface area (Å²) in [4.78, 5) is 13.4. The Morgan fingerprint density at radius 2 is 1.83 bits per heavy atom. The van der Waals surface area contributed by atoms with Gasteiger partial charge < -0.3 is 5.32 Å². The van der Waals surface area contributed by atoms with Gasteiger partial charge in [-0.3, -0.25) is 9.88 Å². The number of hydrogen-bond acceptors (Lipinski definition) is 5. The van der Waals surface area contributed by atoms with Crippen LogP contribution in [0.4, 0.5) is 19.0 Å². The fourth-order valence-corrected chi connectivity index (χ4v) is 1.72. The second-order valence-corrected chi connectivity index (χ2v) is 5.14. The summed E-state index contributed by atoms with van der Waals surface area (Å²) in [5.74, 6) is 5.77. The zero-order valence-corrected chi connectivity index (χ0v) is 13.2. The van der Waals surface area contributed by atoms with Gasteiger partial charge in [0.05, 0.1) is 13.1 Å². The number of nitrogens with one attached hydrogen (secondary N) is 1. The quantitative estimate of drug-likeness (QED) is 0.870. The molecule has 0 atom stereocenters. The van der Waals surface area contributed by atoms with E-state index in [2.05, 4.69) is 32.1 Å². The monoisotopic (exact) mass is 335 g/mol. The molecule has 24 heavy (non-hydrogen) atoms. The number of halogens is 3. The normalized spacial score (nSPS) is 11.1. The second-order valence-electron chi connectivity index (χ2n) is 5.14. The van der Waals surface area contributed by atoms with E-state index in [0.717, 1.165) is 6.07 Å². The predicted octanol–water partition coefficient (Wildman–Crippen LogP) is 2.53. The summed E-state index contributed by atoms with van der Waals surface area (Å²) in [5, 5.41) is 2.78. The van der Waals surface area contributed by atoms with Gasteiger partial charge in [-0.1, -0.05) is 11.8 Å². The lowest BCUT2D eigenvalue weighted by molar-refractivity contribution is -0.141. The summed E-state index contributed by atoms with van der Waals surface area (Å²) in [6.07, 6.45) is -1.62. The van der Waals surface area contributed by atoms with Gasteiger partial charge in [0.25, 0.3) is 0 Å². The van der Waals surface area contributed by atoms with Gasteiger partial charge in [0.2, 0.25) is 0 Å². The molecule has 0 aliphatic rings. The number of hydrogen-bond donors (Lipinski definition) is 1. The van der Waals surface area contributed by atoms with Crippen molar-refractivity contribution in [3.8, 4) is 23.2 Å². The molecular weight excluding hydrogens is 319 g/mol. The molecule has 0 aliphatic heterocycles. The number of pyridine rings is 1. The summed E-state index contributed by atoms with van der Waals surface area (Å²) in [6.45, 7) is 0.763. The molecule has 1 N–H and O–H groups in total. The van der Waals surface area contributed by atoms with Crippen LogP contribution in [0.1, 0.15) is 5.69 Å². The molecule has 0 bridgehead atoms. The molecule has 2 aromatic heterocycles. The highest BCUT2D eigenvalue weighted by atomic mass is 19.4. The highest BCUT2D eigenvalue weighted by Gasteiger charge is 2.33. The van der Waals surface area contributed by atoms with E-state index in [4.69, 9.17) is 0 Å². The zero-order valence-electron chi connectivity index (χ0n) is 13.2. The van der Waals surface area contributed by atoms with Crippen LogP contribution in [-0.2, 0) is 6.18 Å². The maximum absolute atomic E-state index is 13.0. The van der Waals surface area contributed by atoms with Crippen LogP contribution in [-0.4, -0.2) is 47.0 Å². The summed E-state index contributed by atoms with van der Waals surface area (Å²) in [6, 6.07) is 3.98. The van der Waals surface area contributed by atoms with Crippen LogP contribution in [0, 0.1) is 11.8 Å². The van der Waals surface area contributed by atoms with E-state index in [-0.39, 0.29) is 18.2 Å². The molecule has 126 valence electrons. The van der Waals surface area contributed by atoms with Crippen molar-refractivity contribution >= 4 is 5.82 Å². The first-order valence-electron chi connectivity index (χ1n) is 7.07. The molecule has 0 fully saturated rings. The topological polar surface area (TPSA) is 53.9 Å². The van der Waals surface area contributed by atoms with Crippen LogP contribution >= 0.6 is 0 Å². The second kappa shape index (κ2) is 7.75. The van der Waals surface area contributed by atoms with Crippen molar-refractivity contribution in [2.45, 2.75) is 6.18 Å². The van der Waals surface area contributed by atoms with Crippen LogP contribution in [0.15, 0.2) is 30.6 Å². The lowest BCUT2D eigenvalue weighted by Gasteiger charge is -2.11. The Morgan fingerprint density at radius 3 is 2.46 bits per heavy atom. The minimum Gasteiger partial charge on any atom is -0.359 e. The van der Waals surface area contributed by atoms with E-state index >= 15 is 0 Å². The molecule has 8 heteroatoms. The van der Waals surface area contributed by atoms with Gasteiger partial charge in [-0.05, 0) is 26.2 Å². The molecule has 0 saturated carbocycles. The number of rotatable bonds is 4. The van der Waals surface area contributed by atoms with Crippen LogP contribution in [0.5, 0.6) is 0 Å². The van der Waals surface area contributed by atoms with Crippen molar-refractivity contribution in [3.05, 3.63) is 36.3 Å². The van der Waals surface area contributed by atoms with Crippen LogP contribution < -0.4 is 5.32 Å². The Balaban J connectivity index is 2.25. The molecule has 2 rings (SSSR count). The molecule has 0 aromatic carbocycles. The lowest BCUT2D eigenvalue weighted by Crippen LogP contribution is -2.13. The summed E-state index contributed by atoms with van der Waals surface area (Å²) >= 11 is 0. The lowest BCUT2D eigenvalue weighted by atomic mass is 10.2. The molecule has 0 saturated heterocycles. The van der Waals surface area contributed by atoms with Crippen molar-refractivity contribution < 1.29 is 13.2 Å². The Labute approximate surface area is 138 Å². The predicted molar refractivity (Wildman–Crippen MR) is 85.1 cm³/mol. The highest BCUT2D eigenvalue weighted by Crippen LogP contribution is 2.30. The molecule has 0 amide bonds. The number of aromatic nitrogens is 3. The summed E-state index contributed by atoms with van der Waals surface area (Å²) in [7, 11) is 3.76. The van der Waals surface area contributed by atoms with Gasteiger partial charge in [0, 0.05) is 24.0 Å². The van der Waals surface area contributed by atoms with Gasteiger partial charge in [-0.15, -0.1) is 0 Å². The van der Waals surface area contributed by atoms with Gasteiger partial charge >= 0.3 is 6.18 Å². The van der Waals surface area contributed by atoms with Gasteiger partial charge in [-0.2, -0.15) is 13.2 Å². The van der Waals surface area contributed by atoms with E-state index in [1.165, 1.54) is 12.4 Å². The van der Waals surface area contributed by atoms with E-state index in [1.807, 2.05) is 19.0 Å². The average Bonchev–Trinajstić information content (AvgIpc) is 2.54. The van der Waals surface area contributed by atoms with E-state index < -0.39 is 11.9 Å². The first-order valence-corrected chi connectivity index (χ1v) is 7.07. The minimum atomic E-state index is -4.56. The van der Waals surface area contributed by atoms with Gasteiger partial charge in [0.15, 0.2) is 11.5 Å². The Bertz CT molecular complexity index is 733.